The van der Waals surface area contributed by atoms with Crippen molar-refractivity contribution in [3.63, 3.8) is 0 Å². The highest BCUT2D eigenvalue weighted by atomic mass is 16.7. The Labute approximate surface area is 173 Å². The fraction of sp³-hybridized carbons (Fsp3) is 0.652. The average Bonchev–Trinajstić information content (AvgIpc) is 2.78. The molecule has 0 saturated carbocycles. The molecule has 4 rings (SSSR count). The molecule has 3 aliphatic heterocycles. The maximum Gasteiger partial charge on any atom is 0.206 e. The molecule has 0 aliphatic carbocycles. The number of hydrogen-bond acceptors (Lipinski definition) is 6. The summed E-state index contributed by atoms with van der Waals surface area (Å²) in [6, 6.07) is 3.86. The van der Waals surface area contributed by atoms with Crippen molar-refractivity contribution in [2.75, 3.05) is 19.8 Å². The topological polar surface area (TPSA) is 55.4 Å². The summed E-state index contributed by atoms with van der Waals surface area (Å²) in [6.45, 7) is 6.05. The van der Waals surface area contributed by atoms with Gasteiger partial charge in [-0.2, -0.15) is 0 Å². The first-order chi connectivity index (χ1) is 14.3. The quantitative estimate of drug-likeness (QED) is 0.634. The van der Waals surface area contributed by atoms with Crippen LogP contribution in [0.25, 0.3) is 6.08 Å². The summed E-state index contributed by atoms with van der Waals surface area (Å²) in [7, 11) is 0. The van der Waals surface area contributed by atoms with Crippen LogP contribution in [0.5, 0.6) is 17.2 Å². The van der Waals surface area contributed by atoms with Crippen molar-refractivity contribution in [2.24, 2.45) is 0 Å². The number of benzene rings is 1. The molecular formula is C23H32O6. The smallest absolute Gasteiger partial charge is 0.206 e. The highest BCUT2D eigenvalue weighted by Gasteiger charge is 2.26. The van der Waals surface area contributed by atoms with Crippen LogP contribution in [0.4, 0.5) is 0 Å². The van der Waals surface area contributed by atoms with Gasteiger partial charge in [0.05, 0.1) is 19.8 Å². The molecule has 0 bridgehead atoms. The standard InChI is InChI=1S/C23H32O6/c1-2-17-15-18(27-20-9-3-6-12-24-20)23(29-22-11-5-8-14-26-22)19(16-17)28-21-10-4-7-13-25-21/h2,15-16,20-22H,1,3-14H2. The van der Waals surface area contributed by atoms with Crippen molar-refractivity contribution >= 4 is 6.08 Å². The number of ether oxygens (including phenoxy) is 6. The Bertz CT molecular complexity index is 616. The lowest BCUT2D eigenvalue weighted by Gasteiger charge is -2.30. The zero-order valence-electron chi connectivity index (χ0n) is 17.1. The van der Waals surface area contributed by atoms with E-state index in [0.717, 1.165) is 63.4 Å². The van der Waals surface area contributed by atoms with Gasteiger partial charge in [-0.3, -0.25) is 0 Å². The van der Waals surface area contributed by atoms with Crippen LogP contribution in [-0.2, 0) is 14.2 Å². The minimum absolute atomic E-state index is 0.280. The number of rotatable bonds is 7. The molecule has 0 amide bonds. The van der Waals surface area contributed by atoms with Gasteiger partial charge in [0.1, 0.15) is 0 Å². The molecule has 3 aliphatic rings. The Morgan fingerprint density at radius 1 is 0.690 bits per heavy atom. The first kappa shape index (κ1) is 20.5. The van der Waals surface area contributed by atoms with Crippen molar-refractivity contribution in [1.29, 1.82) is 0 Å². The molecule has 3 unspecified atom stereocenters. The summed E-state index contributed by atoms with van der Waals surface area (Å²) in [5.74, 6) is 1.77. The summed E-state index contributed by atoms with van der Waals surface area (Å²) in [5.41, 5.74) is 0.901. The molecule has 29 heavy (non-hydrogen) atoms. The largest absolute Gasteiger partial charge is 0.461 e. The molecule has 1 aromatic rings. The van der Waals surface area contributed by atoms with E-state index in [-0.39, 0.29) is 18.9 Å². The van der Waals surface area contributed by atoms with Gasteiger partial charge in [0.2, 0.25) is 5.75 Å². The summed E-state index contributed by atoms with van der Waals surface area (Å²) in [4.78, 5) is 0. The number of hydrogen-bond donors (Lipinski definition) is 0. The predicted octanol–water partition coefficient (Wildman–Crippen LogP) is 5.05. The molecule has 3 atom stereocenters. The van der Waals surface area contributed by atoms with Crippen LogP contribution in [0, 0.1) is 0 Å². The maximum atomic E-state index is 6.28. The maximum absolute atomic E-state index is 6.28. The van der Waals surface area contributed by atoms with Crippen LogP contribution in [-0.4, -0.2) is 38.7 Å². The zero-order chi connectivity index (χ0) is 19.9. The SMILES string of the molecule is C=Cc1cc(OC2CCCCO2)c(OC2CCCCO2)c(OC2CCCCO2)c1. The van der Waals surface area contributed by atoms with Crippen molar-refractivity contribution in [3.05, 3.63) is 24.3 Å². The highest BCUT2D eigenvalue weighted by Crippen LogP contribution is 2.42. The second-order valence-electron chi connectivity index (χ2n) is 7.79. The minimum atomic E-state index is -0.303. The molecule has 3 heterocycles. The van der Waals surface area contributed by atoms with Gasteiger partial charge in [0.15, 0.2) is 30.4 Å². The first-order valence-corrected chi connectivity index (χ1v) is 11.0. The highest BCUT2D eigenvalue weighted by molar-refractivity contribution is 5.61. The molecule has 6 heteroatoms. The Morgan fingerprint density at radius 2 is 1.14 bits per heavy atom. The Balaban J connectivity index is 1.61. The van der Waals surface area contributed by atoms with Crippen molar-refractivity contribution < 1.29 is 28.4 Å². The lowest BCUT2D eigenvalue weighted by atomic mass is 10.1. The van der Waals surface area contributed by atoms with Gasteiger partial charge in [-0.1, -0.05) is 12.7 Å². The molecule has 0 N–H and O–H groups in total. The lowest BCUT2D eigenvalue weighted by Crippen LogP contribution is -2.29. The molecule has 160 valence electrons. The van der Waals surface area contributed by atoms with Crippen LogP contribution >= 0.6 is 0 Å². The Morgan fingerprint density at radius 3 is 1.52 bits per heavy atom. The molecular weight excluding hydrogens is 372 g/mol. The lowest BCUT2D eigenvalue weighted by molar-refractivity contribution is -0.126. The molecule has 3 fully saturated rings. The van der Waals surface area contributed by atoms with Gasteiger partial charge in [-0.15, -0.1) is 0 Å². The van der Waals surface area contributed by atoms with E-state index in [2.05, 4.69) is 6.58 Å². The van der Waals surface area contributed by atoms with E-state index in [0.29, 0.717) is 37.1 Å². The normalized spacial score (nSPS) is 27.8. The van der Waals surface area contributed by atoms with Crippen molar-refractivity contribution in [3.8, 4) is 17.2 Å². The summed E-state index contributed by atoms with van der Waals surface area (Å²) >= 11 is 0. The zero-order valence-corrected chi connectivity index (χ0v) is 17.1. The van der Waals surface area contributed by atoms with E-state index in [1.165, 1.54) is 0 Å². The minimum Gasteiger partial charge on any atom is -0.461 e. The molecule has 0 aromatic heterocycles. The van der Waals surface area contributed by atoms with E-state index >= 15 is 0 Å². The Hall–Kier alpha value is -1.76. The van der Waals surface area contributed by atoms with Gasteiger partial charge >= 0.3 is 0 Å². The van der Waals surface area contributed by atoms with Crippen LogP contribution in [0.1, 0.15) is 63.4 Å². The summed E-state index contributed by atoms with van der Waals surface area (Å²) in [6.07, 6.45) is 9.95. The second kappa shape index (κ2) is 10.3. The fourth-order valence-electron chi connectivity index (χ4n) is 3.83. The predicted molar refractivity (Wildman–Crippen MR) is 109 cm³/mol. The first-order valence-electron chi connectivity index (χ1n) is 11.0. The molecule has 6 nitrogen and oxygen atoms in total. The van der Waals surface area contributed by atoms with Crippen molar-refractivity contribution in [2.45, 2.75) is 76.7 Å². The third-order valence-corrected chi connectivity index (χ3v) is 5.46. The van der Waals surface area contributed by atoms with E-state index in [1.807, 2.05) is 12.1 Å². The summed E-state index contributed by atoms with van der Waals surface area (Å²) in [5, 5.41) is 0. The third-order valence-electron chi connectivity index (χ3n) is 5.46. The molecule has 0 spiro atoms. The second-order valence-corrected chi connectivity index (χ2v) is 7.79. The third kappa shape index (κ3) is 5.65. The van der Waals surface area contributed by atoms with E-state index in [1.54, 1.807) is 6.08 Å². The van der Waals surface area contributed by atoms with E-state index < -0.39 is 0 Å². The fourth-order valence-corrected chi connectivity index (χ4v) is 3.83. The monoisotopic (exact) mass is 404 g/mol. The molecule has 3 saturated heterocycles. The van der Waals surface area contributed by atoms with E-state index in [9.17, 15) is 0 Å². The van der Waals surface area contributed by atoms with Gasteiger partial charge in [-0.25, -0.2) is 0 Å². The molecule has 1 aromatic carbocycles. The van der Waals surface area contributed by atoms with Gasteiger partial charge < -0.3 is 28.4 Å². The summed E-state index contributed by atoms with van der Waals surface area (Å²) < 4.78 is 36.1. The van der Waals surface area contributed by atoms with Crippen molar-refractivity contribution in [1.82, 2.24) is 0 Å². The van der Waals surface area contributed by atoms with Crippen LogP contribution in [0.3, 0.4) is 0 Å². The van der Waals surface area contributed by atoms with Crippen LogP contribution in [0.2, 0.25) is 0 Å². The van der Waals surface area contributed by atoms with Gasteiger partial charge in [-0.05, 0) is 56.2 Å². The molecule has 0 radical (unpaired) electrons. The Kier molecular flexibility index (Phi) is 7.30. The average molecular weight is 405 g/mol. The van der Waals surface area contributed by atoms with Crippen LogP contribution in [0.15, 0.2) is 18.7 Å². The van der Waals surface area contributed by atoms with Gasteiger partial charge in [0.25, 0.3) is 0 Å². The van der Waals surface area contributed by atoms with Crippen LogP contribution < -0.4 is 14.2 Å². The van der Waals surface area contributed by atoms with E-state index in [4.69, 9.17) is 28.4 Å². The van der Waals surface area contributed by atoms with Gasteiger partial charge in [0, 0.05) is 19.3 Å².